The average Bonchev–Trinajstić information content (AvgIpc) is 3.21. The molecule has 3 N–H and O–H groups in total. The minimum Gasteiger partial charge on any atom is -0.384 e. The normalized spacial score (nSPS) is 15.9. The number of hydrogen-bond acceptors (Lipinski definition) is 7. The van der Waals surface area contributed by atoms with Crippen molar-refractivity contribution in [3.8, 4) is 0 Å². The summed E-state index contributed by atoms with van der Waals surface area (Å²) in [6.07, 6.45) is -3.29. The lowest BCUT2D eigenvalue weighted by Crippen LogP contribution is -2.43. The summed E-state index contributed by atoms with van der Waals surface area (Å²) in [7, 11) is 0. The number of fused-ring (bicyclic) bond motifs is 1. The number of halogens is 3. The van der Waals surface area contributed by atoms with Gasteiger partial charge in [-0.25, -0.2) is 9.67 Å². The molecule has 0 saturated carbocycles. The predicted octanol–water partition coefficient (Wildman–Crippen LogP) is 3.06. The molecule has 3 heterocycles. The van der Waals surface area contributed by atoms with Crippen molar-refractivity contribution in [1.82, 2.24) is 14.8 Å². The van der Waals surface area contributed by atoms with Gasteiger partial charge in [-0.15, -0.1) is 4.91 Å². The molecule has 4 rings (SSSR count). The van der Waals surface area contributed by atoms with E-state index in [1.54, 1.807) is 0 Å². The van der Waals surface area contributed by atoms with Crippen molar-refractivity contribution in [2.24, 2.45) is 5.18 Å². The molecule has 2 amide bonds. The Morgan fingerprint density at radius 3 is 2.47 bits per heavy atom. The Bertz CT molecular complexity index is 1190. The minimum atomic E-state index is -4.54. The van der Waals surface area contributed by atoms with E-state index in [1.807, 2.05) is 0 Å². The van der Waals surface area contributed by atoms with Gasteiger partial charge in [0.25, 0.3) is 11.8 Å². The van der Waals surface area contributed by atoms with Crippen molar-refractivity contribution >= 4 is 29.0 Å². The standard InChI is InChI=1S/C19H14F3N7O3/c20-19(21,22)10-1-4-12(5-2-10)28-9-15(27-32)29-16(18(28)31)13(8-25-29)17(30)26-11-3-6-14(23)24-7-11/h1-8,15H,9H2,(H2,23,24)(H,26,30)/t15-/m1/s1. The van der Waals surface area contributed by atoms with Crippen LogP contribution in [0.5, 0.6) is 0 Å². The number of hydrogen-bond donors (Lipinski definition) is 2. The van der Waals surface area contributed by atoms with E-state index in [0.29, 0.717) is 5.69 Å². The van der Waals surface area contributed by atoms with E-state index in [-0.39, 0.29) is 29.3 Å². The Morgan fingerprint density at radius 1 is 1.16 bits per heavy atom. The van der Waals surface area contributed by atoms with Crippen LogP contribution in [-0.4, -0.2) is 33.1 Å². The first-order valence-electron chi connectivity index (χ1n) is 9.11. The van der Waals surface area contributed by atoms with Crippen LogP contribution in [0.1, 0.15) is 32.6 Å². The van der Waals surface area contributed by atoms with Crippen molar-refractivity contribution < 1.29 is 22.8 Å². The molecule has 0 bridgehead atoms. The van der Waals surface area contributed by atoms with Crippen LogP contribution in [0.15, 0.2) is 54.0 Å². The van der Waals surface area contributed by atoms with Crippen LogP contribution in [0.2, 0.25) is 0 Å². The maximum absolute atomic E-state index is 13.1. The molecular weight excluding hydrogens is 431 g/mol. The van der Waals surface area contributed by atoms with Gasteiger partial charge in [0.1, 0.15) is 11.5 Å². The highest BCUT2D eigenvalue weighted by Crippen LogP contribution is 2.33. The number of rotatable bonds is 4. The summed E-state index contributed by atoms with van der Waals surface area (Å²) < 4.78 is 39.6. The summed E-state index contributed by atoms with van der Waals surface area (Å²) in [4.78, 5) is 42.2. The lowest BCUT2D eigenvalue weighted by molar-refractivity contribution is -0.137. The maximum atomic E-state index is 13.1. The van der Waals surface area contributed by atoms with Crippen LogP contribution < -0.4 is 16.0 Å². The summed E-state index contributed by atoms with van der Waals surface area (Å²) >= 11 is 0. The van der Waals surface area contributed by atoms with Crippen LogP contribution in [-0.2, 0) is 6.18 Å². The number of benzene rings is 1. The SMILES string of the molecule is Nc1ccc(NC(=O)c2cnn3c2C(=O)N(c2ccc(C(F)(F)F)cc2)C[C@@H]3N=O)cn1. The Hall–Kier alpha value is -4.29. The molecule has 2 aromatic heterocycles. The van der Waals surface area contributed by atoms with Crippen LogP contribution in [0.25, 0.3) is 0 Å². The smallest absolute Gasteiger partial charge is 0.384 e. The highest BCUT2D eigenvalue weighted by molar-refractivity contribution is 6.15. The van der Waals surface area contributed by atoms with Gasteiger partial charge in [-0.2, -0.15) is 18.3 Å². The summed E-state index contributed by atoms with van der Waals surface area (Å²) in [5.41, 5.74) is 4.67. The molecule has 1 aromatic carbocycles. The maximum Gasteiger partial charge on any atom is 0.416 e. The molecule has 0 unspecified atom stereocenters. The van der Waals surface area contributed by atoms with Gasteiger partial charge in [0.05, 0.1) is 35.8 Å². The fourth-order valence-corrected chi connectivity index (χ4v) is 3.23. The number of pyridine rings is 1. The fraction of sp³-hybridized carbons (Fsp3) is 0.158. The molecule has 10 nitrogen and oxygen atoms in total. The number of nitrogens with zero attached hydrogens (tertiary/aromatic N) is 5. The number of alkyl halides is 3. The number of nitrogens with two attached hydrogens (primary N) is 1. The van der Waals surface area contributed by atoms with E-state index in [0.717, 1.165) is 40.0 Å². The van der Waals surface area contributed by atoms with Crippen LogP contribution in [0.4, 0.5) is 30.4 Å². The van der Waals surface area contributed by atoms with Gasteiger partial charge in [-0.1, -0.05) is 0 Å². The van der Waals surface area contributed by atoms with Gasteiger partial charge >= 0.3 is 6.18 Å². The molecule has 0 spiro atoms. The average molecular weight is 445 g/mol. The number of carbonyl (C=O) groups excluding carboxylic acids is 2. The van der Waals surface area contributed by atoms with E-state index in [1.165, 1.54) is 18.3 Å². The Labute approximate surface area is 177 Å². The highest BCUT2D eigenvalue weighted by atomic mass is 19.4. The zero-order valence-electron chi connectivity index (χ0n) is 16.1. The van der Waals surface area contributed by atoms with E-state index >= 15 is 0 Å². The number of aromatic nitrogens is 3. The molecule has 164 valence electrons. The molecule has 0 saturated heterocycles. The Morgan fingerprint density at radius 2 is 1.88 bits per heavy atom. The highest BCUT2D eigenvalue weighted by Gasteiger charge is 2.38. The fourth-order valence-electron chi connectivity index (χ4n) is 3.23. The van der Waals surface area contributed by atoms with Gasteiger partial charge in [-0.3, -0.25) is 9.59 Å². The molecule has 0 radical (unpaired) electrons. The number of nitrogens with one attached hydrogen (secondary N) is 1. The first kappa shape index (κ1) is 21.0. The molecule has 3 aromatic rings. The second kappa shape index (κ2) is 7.76. The Balaban J connectivity index is 1.67. The molecule has 0 fully saturated rings. The lowest BCUT2D eigenvalue weighted by atomic mass is 10.1. The first-order chi connectivity index (χ1) is 15.2. The second-order valence-electron chi connectivity index (χ2n) is 6.82. The zero-order valence-corrected chi connectivity index (χ0v) is 16.1. The monoisotopic (exact) mass is 445 g/mol. The minimum absolute atomic E-state index is 0.109. The number of carbonyl (C=O) groups is 2. The third kappa shape index (κ3) is 3.75. The summed E-state index contributed by atoms with van der Waals surface area (Å²) in [6, 6.07) is 6.82. The van der Waals surface area contributed by atoms with Crippen LogP contribution in [0, 0.1) is 4.91 Å². The summed E-state index contributed by atoms with van der Waals surface area (Å²) in [6.45, 7) is -0.259. The quantitative estimate of drug-likeness (QED) is 0.593. The van der Waals surface area contributed by atoms with Crippen LogP contribution in [0.3, 0.4) is 0 Å². The van der Waals surface area contributed by atoms with Crippen molar-refractivity contribution in [2.75, 3.05) is 22.5 Å². The van der Waals surface area contributed by atoms with E-state index < -0.39 is 29.7 Å². The first-order valence-corrected chi connectivity index (χ1v) is 9.11. The van der Waals surface area contributed by atoms with Gasteiger partial charge in [0.15, 0.2) is 0 Å². The number of nitroso groups, excluding NO2 is 1. The zero-order chi connectivity index (χ0) is 23.0. The second-order valence-corrected chi connectivity index (χ2v) is 6.82. The Kier molecular flexibility index (Phi) is 5.08. The van der Waals surface area contributed by atoms with Gasteiger partial charge in [0, 0.05) is 5.69 Å². The number of amides is 2. The molecule has 32 heavy (non-hydrogen) atoms. The van der Waals surface area contributed by atoms with Crippen molar-refractivity contribution in [3.63, 3.8) is 0 Å². The topological polar surface area (TPSA) is 136 Å². The molecule has 0 aliphatic carbocycles. The molecule has 13 heteroatoms. The van der Waals surface area contributed by atoms with Crippen molar-refractivity contribution in [1.29, 1.82) is 0 Å². The van der Waals surface area contributed by atoms with E-state index in [9.17, 15) is 27.7 Å². The van der Waals surface area contributed by atoms with E-state index in [2.05, 4.69) is 20.6 Å². The lowest BCUT2D eigenvalue weighted by Gasteiger charge is -2.30. The van der Waals surface area contributed by atoms with Crippen LogP contribution >= 0.6 is 0 Å². The van der Waals surface area contributed by atoms with Crippen molar-refractivity contribution in [2.45, 2.75) is 12.3 Å². The van der Waals surface area contributed by atoms with Gasteiger partial charge < -0.3 is 16.0 Å². The molecule has 1 aliphatic heterocycles. The number of nitrogen functional groups attached to an aromatic ring is 1. The van der Waals surface area contributed by atoms with Crippen molar-refractivity contribution in [3.05, 3.63) is 70.5 Å². The third-order valence-corrected chi connectivity index (χ3v) is 4.79. The predicted molar refractivity (Wildman–Crippen MR) is 107 cm³/mol. The number of anilines is 3. The third-order valence-electron chi connectivity index (χ3n) is 4.79. The molecule has 1 aliphatic rings. The summed E-state index contributed by atoms with van der Waals surface area (Å²) in [5.74, 6) is -1.18. The van der Waals surface area contributed by atoms with E-state index in [4.69, 9.17) is 5.73 Å². The molecular formula is C19H14F3N7O3. The van der Waals surface area contributed by atoms with Gasteiger partial charge in [-0.05, 0) is 41.6 Å². The largest absolute Gasteiger partial charge is 0.416 e. The summed E-state index contributed by atoms with van der Waals surface area (Å²) in [5, 5.41) is 9.42. The molecule has 1 atom stereocenters. The van der Waals surface area contributed by atoms with Gasteiger partial charge in [0.2, 0.25) is 6.17 Å².